The molecular formula is C11H13NO3. The maximum Gasteiger partial charge on any atom is 0.293 e. The third-order valence-electron chi connectivity index (χ3n) is 2.03. The molecule has 0 amide bonds. The van der Waals surface area contributed by atoms with Crippen molar-refractivity contribution in [2.75, 3.05) is 13.7 Å². The van der Waals surface area contributed by atoms with E-state index in [0.29, 0.717) is 25.2 Å². The van der Waals surface area contributed by atoms with E-state index in [1.165, 1.54) is 6.21 Å². The van der Waals surface area contributed by atoms with Gasteiger partial charge in [-0.25, -0.2) is 0 Å². The van der Waals surface area contributed by atoms with Crippen LogP contribution in [0.4, 0.5) is 0 Å². The molecule has 0 atom stereocenters. The number of nitrogens with one attached hydrogen (secondary N) is 1. The third kappa shape index (κ3) is 3.09. The van der Waals surface area contributed by atoms with Crippen molar-refractivity contribution in [1.82, 2.24) is 0 Å². The third-order valence-corrected chi connectivity index (χ3v) is 2.03. The van der Waals surface area contributed by atoms with Crippen LogP contribution in [0.1, 0.15) is 11.1 Å². The van der Waals surface area contributed by atoms with E-state index in [2.05, 4.69) is 4.74 Å². The standard InChI is InChI=1S/C11H13NO3/c1-14-11-3-2-9(4-5-15-8-13)6-10(11)7-12/h2-3,6-8,12H,4-5H2,1H3. The molecule has 1 aromatic carbocycles. The lowest BCUT2D eigenvalue weighted by Gasteiger charge is -2.06. The van der Waals surface area contributed by atoms with Gasteiger partial charge in [0.25, 0.3) is 6.47 Å². The van der Waals surface area contributed by atoms with Crippen molar-refractivity contribution in [2.45, 2.75) is 6.42 Å². The fourth-order valence-electron chi connectivity index (χ4n) is 1.28. The van der Waals surface area contributed by atoms with Crippen LogP contribution in [0, 0.1) is 5.41 Å². The normalized spacial score (nSPS) is 9.40. The Bertz CT molecular complexity index is 350. The zero-order valence-electron chi connectivity index (χ0n) is 8.53. The summed E-state index contributed by atoms with van der Waals surface area (Å²) in [6, 6.07) is 5.54. The summed E-state index contributed by atoms with van der Waals surface area (Å²) in [7, 11) is 1.57. The molecule has 0 saturated carbocycles. The van der Waals surface area contributed by atoms with Crippen molar-refractivity contribution < 1.29 is 14.3 Å². The fourth-order valence-corrected chi connectivity index (χ4v) is 1.28. The monoisotopic (exact) mass is 207 g/mol. The van der Waals surface area contributed by atoms with Gasteiger partial charge in [0.2, 0.25) is 0 Å². The minimum absolute atomic E-state index is 0.354. The number of hydrogen-bond acceptors (Lipinski definition) is 4. The molecule has 0 saturated heterocycles. The molecule has 0 unspecified atom stereocenters. The first-order valence-corrected chi connectivity index (χ1v) is 4.54. The van der Waals surface area contributed by atoms with Crippen LogP contribution < -0.4 is 4.74 Å². The number of carbonyl (C=O) groups excluding carboxylic acids is 1. The Kier molecular flexibility index (Phi) is 4.34. The Morgan fingerprint density at radius 3 is 2.87 bits per heavy atom. The molecule has 1 N–H and O–H groups in total. The maximum absolute atomic E-state index is 9.94. The minimum atomic E-state index is 0.354. The molecule has 4 nitrogen and oxygen atoms in total. The van der Waals surface area contributed by atoms with Crippen LogP contribution in [0.25, 0.3) is 0 Å². The molecule has 1 aromatic rings. The summed E-state index contributed by atoms with van der Waals surface area (Å²) in [5.74, 6) is 0.671. The Labute approximate surface area is 88.3 Å². The average Bonchev–Trinajstić information content (AvgIpc) is 2.29. The second-order valence-electron chi connectivity index (χ2n) is 2.94. The van der Waals surface area contributed by atoms with Crippen molar-refractivity contribution in [3.8, 4) is 5.75 Å². The number of methoxy groups -OCH3 is 1. The zero-order chi connectivity index (χ0) is 11.1. The summed E-state index contributed by atoms with van der Waals surface area (Å²) in [6.45, 7) is 0.786. The minimum Gasteiger partial charge on any atom is -0.496 e. The van der Waals surface area contributed by atoms with Crippen molar-refractivity contribution in [3.05, 3.63) is 29.3 Å². The van der Waals surface area contributed by atoms with Gasteiger partial charge in [-0.15, -0.1) is 0 Å². The number of rotatable bonds is 6. The van der Waals surface area contributed by atoms with Crippen LogP contribution in [0.5, 0.6) is 5.75 Å². The Balaban J connectivity index is 2.74. The summed E-state index contributed by atoms with van der Waals surface area (Å²) >= 11 is 0. The molecule has 0 heterocycles. The van der Waals surface area contributed by atoms with Crippen molar-refractivity contribution in [2.24, 2.45) is 0 Å². The highest BCUT2D eigenvalue weighted by Crippen LogP contribution is 2.18. The molecule has 0 aliphatic carbocycles. The SMILES string of the molecule is COc1ccc(CCOC=O)cc1C=N. The number of ether oxygens (including phenoxy) is 2. The zero-order valence-corrected chi connectivity index (χ0v) is 8.53. The van der Waals surface area contributed by atoms with Gasteiger partial charge < -0.3 is 14.9 Å². The van der Waals surface area contributed by atoms with E-state index in [0.717, 1.165) is 11.1 Å². The molecule has 0 fully saturated rings. The Morgan fingerprint density at radius 2 is 2.27 bits per heavy atom. The molecule has 0 spiro atoms. The van der Waals surface area contributed by atoms with Crippen LogP contribution in [0.3, 0.4) is 0 Å². The lowest BCUT2D eigenvalue weighted by atomic mass is 10.1. The number of benzene rings is 1. The van der Waals surface area contributed by atoms with Gasteiger partial charge >= 0.3 is 0 Å². The smallest absolute Gasteiger partial charge is 0.293 e. The largest absolute Gasteiger partial charge is 0.496 e. The van der Waals surface area contributed by atoms with Gasteiger partial charge in [0, 0.05) is 18.2 Å². The summed E-state index contributed by atoms with van der Waals surface area (Å²) < 4.78 is 9.68. The van der Waals surface area contributed by atoms with E-state index in [1.54, 1.807) is 13.2 Å². The van der Waals surface area contributed by atoms with Crippen molar-refractivity contribution in [1.29, 1.82) is 5.41 Å². The first-order chi connectivity index (χ1) is 7.31. The topological polar surface area (TPSA) is 59.4 Å². The first-order valence-electron chi connectivity index (χ1n) is 4.54. The van der Waals surface area contributed by atoms with Gasteiger partial charge in [-0.3, -0.25) is 4.79 Å². The number of carbonyl (C=O) groups is 1. The Hall–Kier alpha value is -1.84. The molecule has 4 heteroatoms. The first kappa shape index (κ1) is 11.2. The molecular weight excluding hydrogens is 194 g/mol. The lowest BCUT2D eigenvalue weighted by Crippen LogP contribution is -1.98. The van der Waals surface area contributed by atoms with E-state index < -0.39 is 0 Å². The molecule has 15 heavy (non-hydrogen) atoms. The molecule has 0 aliphatic heterocycles. The summed E-state index contributed by atoms with van der Waals surface area (Å²) in [4.78, 5) is 9.94. The molecule has 0 aromatic heterocycles. The van der Waals surface area contributed by atoms with Crippen molar-refractivity contribution in [3.63, 3.8) is 0 Å². The van der Waals surface area contributed by atoms with Crippen LogP contribution >= 0.6 is 0 Å². The number of hydrogen-bond donors (Lipinski definition) is 1. The summed E-state index contributed by atoms with van der Waals surface area (Å²) in [5, 5.41) is 7.21. The van der Waals surface area contributed by atoms with Crippen LogP contribution in [0.15, 0.2) is 18.2 Å². The van der Waals surface area contributed by atoms with E-state index in [4.69, 9.17) is 10.1 Å². The summed E-state index contributed by atoms with van der Waals surface area (Å²) in [6.07, 6.45) is 1.88. The van der Waals surface area contributed by atoms with E-state index in [1.807, 2.05) is 12.1 Å². The van der Waals surface area contributed by atoms with Gasteiger partial charge in [-0.05, 0) is 17.7 Å². The van der Waals surface area contributed by atoms with Crippen LogP contribution in [-0.4, -0.2) is 26.4 Å². The average molecular weight is 207 g/mol. The van der Waals surface area contributed by atoms with Gasteiger partial charge in [0.15, 0.2) is 0 Å². The second kappa shape index (κ2) is 5.80. The quantitative estimate of drug-likeness (QED) is 0.436. The van der Waals surface area contributed by atoms with Crippen LogP contribution in [-0.2, 0) is 16.0 Å². The highest BCUT2D eigenvalue weighted by atomic mass is 16.5. The van der Waals surface area contributed by atoms with Gasteiger partial charge in [-0.2, -0.15) is 0 Å². The highest BCUT2D eigenvalue weighted by molar-refractivity contribution is 5.81. The van der Waals surface area contributed by atoms with E-state index >= 15 is 0 Å². The molecule has 0 radical (unpaired) electrons. The van der Waals surface area contributed by atoms with E-state index in [-0.39, 0.29) is 0 Å². The van der Waals surface area contributed by atoms with Gasteiger partial charge in [0.05, 0.1) is 13.7 Å². The molecule has 0 bridgehead atoms. The molecule has 80 valence electrons. The van der Waals surface area contributed by atoms with Gasteiger partial charge in [0.1, 0.15) is 5.75 Å². The fraction of sp³-hybridized carbons (Fsp3) is 0.273. The molecule has 0 aliphatic rings. The summed E-state index contributed by atoms with van der Waals surface area (Å²) in [5.41, 5.74) is 1.73. The van der Waals surface area contributed by atoms with Crippen LogP contribution in [0.2, 0.25) is 0 Å². The second-order valence-corrected chi connectivity index (χ2v) is 2.94. The predicted molar refractivity (Wildman–Crippen MR) is 56.6 cm³/mol. The van der Waals surface area contributed by atoms with Crippen molar-refractivity contribution >= 4 is 12.7 Å². The lowest BCUT2D eigenvalue weighted by molar-refractivity contribution is -0.128. The van der Waals surface area contributed by atoms with Gasteiger partial charge in [-0.1, -0.05) is 6.07 Å². The van der Waals surface area contributed by atoms with E-state index in [9.17, 15) is 4.79 Å². The molecule has 1 rings (SSSR count). The maximum atomic E-state index is 9.94. The Morgan fingerprint density at radius 1 is 1.47 bits per heavy atom. The highest BCUT2D eigenvalue weighted by Gasteiger charge is 2.01. The predicted octanol–water partition coefficient (Wildman–Crippen LogP) is 1.41.